The molecule has 1 N–H and O–H groups in total. The highest BCUT2D eigenvalue weighted by Crippen LogP contribution is 2.26. The Bertz CT molecular complexity index is 744. The quantitative estimate of drug-likeness (QED) is 0.665. The van der Waals surface area contributed by atoms with Gasteiger partial charge in [0.15, 0.2) is 0 Å². The SMILES string of the molecule is CN1CC/C(=N\OC(=O)Nc2ccc(Cl)cc2)c2ccccc21. The third kappa shape index (κ3) is 3.63. The molecular formula is C17H16ClN3O2. The first-order chi connectivity index (χ1) is 11.1. The number of carbonyl (C=O) groups excluding carboxylic acids is 1. The molecule has 118 valence electrons. The second kappa shape index (κ2) is 6.71. The minimum absolute atomic E-state index is 0.600. The van der Waals surface area contributed by atoms with Gasteiger partial charge in [-0.25, -0.2) is 4.79 Å². The minimum Gasteiger partial charge on any atom is -0.374 e. The standard InChI is InChI=1S/C17H16ClN3O2/c1-21-11-10-15(14-4-2-3-5-16(14)21)20-23-17(22)19-13-8-6-12(18)7-9-13/h2-9H,10-11H2,1H3,(H,19,22)/b20-15+. The molecule has 2 aromatic carbocycles. The van der Waals surface area contributed by atoms with E-state index < -0.39 is 6.09 Å². The van der Waals surface area contributed by atoms with E-state index >= 15 is 0 Å². The summed E-state index contributed by atoms with van der Waals surface area (Å²) in [5.74, 6) is 0. The first-order valence-corrected chi connectivity index (χ1v) is 7.62. The zero-order valence-electron chi connectivity index (χ0n) is 12.6. The molecule has 3 rings (SSSR count). The van der Waals surface area contributed by atoms with Gasteiger partial charge in [0, 0.05) is 42.0 Å². The Hall–Kier alpha value is -2.53. The number of nitrogens with one attached hydrogen (secondary N) is 1. The fraction of sp³-hybridized carbons (Fsp3) is 0.176. The van der Waals surface area contributed by atoms with Gasteiger partial charge in [-0.3, -0.25) is 10.2 Å². The maximum atomic E-state index is 11.8. The fourth-order valence-corrected chi connectivity index (χ4v) is 2.57. The summed E-state index contributed by atoms with van der Waals surface area (Å²) in [4.78, 5) is 19.0. The summed E-state index contributed by atoms with van der Waals surface area (Å²) in [7, 11) is 2.03. The zero-order valence-corrected chi connectivity index (χ0v) is 13.4. The van der Waals surface area contributed by atoms with Crippen molar-refractivity contribution in [2.24, 2.45) is 5.16 Å². The second-order valence-electron chi connectivity index (χ2n) is 5.24. The number of benzene rings is 2. The van der Waals surface area contributed by atoms with Crippen molar-refractivity contribution in [3.05, 3.63) is 59.1 Å². The van der Waals surface area contributed by atoms with E-state index in [1.807, 2.05) is 31.3 Å². The number of amides is 1. The van der Waals surface area contributed by atoms with Crippen molar-refractivity contribution >= 4 is 34.8 Å². The van der Waals surface area contributed by atoms with Gasteiger partial charge in [0.05, 0.1) is 5.71 Å². The molecular weight excluding hydrogens is 314 g/mol. The molecule has 0 saturated heterocycles. The number of para-hydroxylation sites is 1. The third-order valence-electron chi connectivity index (χ3n) is 3.64. The number of halogens is 1. The Balaban J connectivity index is 1.69. The van der Waals surface area contributed by atoms with E-state index in [0.29, 0.717) is 10.7 Å². The Morgan fingerprint density at radius 2 is 1.96 bits per heavy atom. The molecule has 0 bridgehead atoms. The average molecular weight is 330 g/mol. The van der Waals surface area contributed by atoms with Crippen molar-refractivity contribution in [2.75, 3.05) is 23.8 Å². The average Bonchev–Trinajstić information content (AvgIpc) is 2.57. The molecule has 0 aromatic heterocycles. The fourth-order valence-electron chi connectivity index (χ4n) is 2.44. The highest BCUT2D eigenvalue weighted by molar-refractivity contribution is 6.30. The largest absolute Gasteiger partial charge is 0.437 e. The predicted molar refractivity (Wildman–Crippen MR) is 92.4 cm³/mol. The highest BCUT2D eigenvalue weighted by Gasteiger charge is 2.19. The van der Waals surface area contributed by atoms with Crippen LogP contribution >= 0.6 is 11.6 Å². The van der Waals surface area contributed by atoms with Gasteiger partial charge in [-0.1, -0.05) is 35.0 Å². The van der Waals surface area contributed by atoms with E-state index in [-0.39, 0.29) is 0 Å². The second-order valence-corrected chi connectivity index (χ2v) is 5.67. The van der Waals surface area contributed by atoms with Gasteiger partial charge in [0.25, 0.3) is 0 Å². The van der Waals surface area contributed by atoms with E-state index in [1.165, 1.54) is 0 Å². The molecule has 0 saturated carbocycles. The number of hydrogen-bond donors (Lipinski definition) is 1. The molecule has 0 radical (unpaired) electrons. The van der Waals surface area contributed by atoms with Crippen LogP contribution in [-0.4, -0.2) is 25.4 Å². The Morgan fingerprint density at radius 1 is 1.22 bits per heavy atom. The number of nitrogens with zero attached hydrogens (tertiary/aromatic N) is 2. The maximum Gasteiger partial charge on any atom is 0.437 e. The van der Waals surface area contributed by atoms with Crippen LogP contribution in [0.4, 0.5) is 16.2 Å². The minimum atomic E-state index is -0.628. The molecule has 23 heavy (non-hydrogen) atoms. The summed E-state index contributed by atoms with van der Waals surface area (Å²) in [6, 6.07) is 14.7. The number of carbonyl (C=O) groups is 1. The summed E-state index contributed by atoms with van der Waals surface area (Å²) in [6.45, 7) is 0.831. The number of hydrogen-bond acceptors (Lipinski definition) is 4. The Kier molecular flexibility index (Phi) is 4.48. The summed E-state index contributed by atoms with van der Waals surface area (Å²) >= 11 is 5.80. The number of rotatable bonds is 2. The molecule has 1 amide bonds. The van der Waals surface area contributed by atoms with Crippen molar-refractivity contribution in [3.63, 3.8) is 0 Å². The molecule has 0 spiro atoms. The lowest BCUT2D eigenvalue weighted by Crippen LogP contribution is -2.29. The van der Waals surface area contributed by atoms with Crippen LogP contribution in [0.3, 0.4) is 0 Å². The van der Waals surface area contributed by atoms with Crippen LogP contribution in [0.1, 0.15) is 12.0 Å². The molecule has 0 unspecified atom stereocenters. The van der Waals surface area contributed by atoms with Gasteiger partial charge in [-0.05, 0) is 30.3 Å². The van der Waals surface area contributed by atoms with Crippen LogP contribution in [-0.2, 0) is 4.84 Å². The third-order valence-corrected chi connectivity index (χ3v) is 3.89. The smallest absolute Gasteiger partial charge is 0.374 e. The van der Waals surface area contributed by atoms with E-state index in [1.54, 1.807) is 24.3 Å². The van der Waals surface area contributed by atoms with Crippen molar-refractivity contribution < 1.29 is 9.63 Å². The van der Waals surface area contributed by atoms with Crippen molar-refractivity contribution in [3.8, 4) is 0 Å². The maximum absolute atomic E-state index is 11.8. The van der Waals surface area contributed by atoms with E-state index in [4.69, 9.17) is 16.4 Å². The van der Waals surface area contributed by atoms with Crippen molar-refractivity contribution in [2.45, 2.75) is 6.42 Å². The molecule has 2 aromatic rings. The lowest BCUT2D eigenvalue weighted by atomic mass is 10.0. The van der Waals surface area contributed by atoms with Gasteiger partial charge >= 0.3 is 6.09 Å². The zero-order chi connectivity index (χ0) is 16.2. The van der Waals surface area contributed by atoms with Gasteiger partial charge in [0.1, 0.15) is 0 Å². The summed E-state index contributed by atoms with van der Waals surface area (Å²) in [6.07, 6.45) is 0.0955. The van der Waals surface area contributed by atoms with Crippen LogP contribution in [0.2, 0.25) is 5.02 Å². The Morgan fingerprint density at radius 3 is 2.74 bits per heavy atom. The van der Waals surface area contributed by atoms with Crippen LogP contribution in [0.15, 0.2) is 53.7 Å². The normalized spacial score (nSPS) is 15.2. The lowest BCUT2D eigenvalue weighted by Gasteiger charge is -2.27. The van der Waals surface area contributed by atoms with E-state index in [0.717, 1.165) is 29.9 Å². The molecule has 1 aliphatic heterocycles. The van der Waals surface area contributed by atoms with E-state index in [2.05, 4.69) is 15.4 Å². The van der Waals surface area contributed by atoms with Gasteiger partial charge in [0.2, 0.25) is 0 Å². The van der Waals surface area contributed by atoms with Crippen molar-refractivity contribution in [1.82, 2.24) is 0 Å². The molecule has 5 nitrogen and oxygen atoms in total. The topological polar surface area (TPSA) is 53.9 Å². The van der Waals surface area contributed by atoms with Gasteiger partial charge in [-0.15, -0.1) is 0 Å². The molecule has 6 heteroatoms. The molecule has 0 aliphatic carbocycles. The first-order valence-electron chi connectivity index (χ1n) is 7.24. The van der Waals surface area contributed by atoms with Crippen LogP contribution in [0, 0.1) is 0 Å². The molecule has 0 atom stereocenters. The summed E-state index contributed by atoms with van der Waals surface area (Å²) < 4.78 is 0. The summed E-state index contributed by atoms with van der Waals surface area (Å²) in [5, 5.41) is 7.23. The Labute approximate surface area is 139 Å². The van der Waals surface area contributed by atoms with Crippen LogP contribution in [0.5, 0.6) is 0 Å². The molecule has 1 heterocycles. The van der Waals surface area contributed by atoms with E-state index in [9.17, 15) is 4.79 Å². The van der Waals surface area contributed by atoms with Gasteiger partial charge in [-0.2, -0.15) is 0 Å². The highest BCUT2D eigenvalue weighted by atomic mass is 35.5. The first kappa shape index (κ1) is 15.4. The number of anilines is 2. The number of fused-ring (bicyclic) bond motifs is 1. The monoisotopic (exact) mass is 329 g/mol. The molecule has 0 fully saturated rings. The summed E-state index contributed by atoms with van der Waals surface area (Å²) in [5.41, 5.74) is 3.44. The molecule has 1 aliphatic rings. The lowest BCUT2D eigenvalue weighted by molar-refractivity contribution is 0.166. The number of oxime groups is 1. The van der Waals surface area contributed by atoms with Crippen LogP contribution < -0.4 is 10.2 Å². The van der Waals surface area contributed by atoms with Crippen molar-refractivity contribution in [1.29, 1.82) is 0 Å². The predicted octanol–water partition coefficient (Wildman–Crippen LogP) is 4.13. The van der Waals surface area contributed by atoms with Gasteiger partial charge < -0.3 is 4.90 Å². The van der Waals surface area contributed by atoms with Crippen LogP contribution in [0.25, 0.3) is 0 Å².